The fourth-order valence-electron chi connectivity index (χ4n) is 13.9. The number of carbonyl (C=O) groups is 4. The number of rotatable bonds is 87. The van der Waals surface area contributed by atoms with Crippen molar-refractivity contribution in [2.45, 2.75) is 491 Å². The zero-order chi connectivity index (χ0) is 79.3. The molecule has 0 spiro atoms. The highest BCUT2D eigenvalue weighted by Gasteiger charge is 2.31. The summed E-state index contributed by atoms with van der Waals surface area (Å²) in [6, 6.07) is 0. The number of phosphoric acid groups is 2. The second kappa shape index (κ2) is 78.9. The molecule has 0 radical (unpaired) electrons. The number of carbonyl (C=O) groups excluding carboxylic acids is 4. The fourth-order valence-corrected chi connectivity index (χ4v) is 15.4. The lowest BCUT2D eigenvalue weighted by Crippen LogP contribution is -2.30. The van der Waals surface area contributed by atoms with Crippen LogP contribution in [0.15, 0.2) is 0 Å². The summed E-state index contributed by atoms with van der Waals surface area (Å²) in [4.78, 5) is 73.3. The van der Waals surface area contributed by atoms with Gasteiger partial charge in [-0.1, -0.05) is 421 Å². The zero-order valence-electron chi connectivity index (χ0n) is 71.3. The number of unbranched alkanes of at least 4 members (excludes halogenated alkanes) is 54. The minimum Gasteiger partial charge on any atom is -0.462 e. The van der Waals surface area contributed by atoms with Gasteiger partial charge in [0.05, 0.1) is 26.4 Å². The number of ether oxygens (including phenoxy) is 4. The zero-order valence-corrected chi connectivity index (χ0v) is 73.1. The van der Waals surface area contributed by atoms with E-state index in [2.05, 4.69) is 48.5 Å². The van der Waals surface area contributed by atoms with Crippen LogP contribution in [0.2, 0.25) is 0 Å². The maximum atomic E-state index is 13.2. The summed E-state index contributed by atoms with van der Waals surface area (Å²) in [5.41, 5.74) is 0. The van der Waals surface area contributed by atoms with Crippen molar-refractivity contribution in [2.24, 2.45) is 17.8 Å². The fraction of sp³-hybridized carbons (Fsp3) is 0.955. The van der Waals surface area contributed by atoms with Crippen molar-refractivity contribution in [1.82, 2.24) is 0 Å². The lowest BCUT2D eigenvalue weighted by atomic mass is 9.99. The van der Waals surface area contributed by atoms with E-state index in [9.17, 15) is 43.2 Å². The first-order valence-corrected chi connectivity index (χ1v) is 48.9. The van der Waals surface area contributed by atoms with Crippen molar-refractivity contribution in [3.8, 4) is 0 Å². The minimum atomic E-state index is -4.97. The van der Waals surface area contributed by atoms with Crippen molar-refractivity contribution < 1.29 is 80.2 Å². The van der Waals surface area contributed by atoms with Crippen LogP contribution >= 0.6 is 15.6 Å². The Hall–Kier alpha value is -1.94. The van der Waals surface area contributed by atoms with Gasteiger partial charge in [-0.15, -0.1) is 0 Å². The number of aliphatic hydroxyl groups is 1. The summed E-state index contributed by atoms with van der Waals surface area (Å²) in [7, 11) is -9.93. The normalized spacial score (nSPS) is 14.1. The molecule has 0 aliphatic heterocycles. The van der Waals surface area contributed by atoms with Crippen LogP contribution in [-0.4, -0.2) is 96.7 Å². The molecule has 0 aliphatic carbocycles. The van der Waals surface area contributed by atoms with Gasteiger partial charge in [0.15, 0.2) is 12.2 Å². The van der Waals surface area contributed by atoms with E-state index in [1.165, 1.54) is 276 Å². The van der Waals surface area contributed by atoms with E-state index in [1.54, 1.807) is 0 Å². The number of hydrogen-bond donors (Lipinski definition) is 3. The highest BCUT2D eigenvalue weighted by molar-refractivity contribution is 7.47. The van der Waals surface area contributed by atoms with Crippen molar-refractivity contribution in [1.29, 1.82) is 0 Å². The molecule has 0 aromatic heterocycles. The summed E-state index contributed by atoms with van der Waals surface area (Å²) in [6.45, 7) is 12.0. The highest BCUT2D eigenvalue weighted by atomic mass is 31.2. The van der Waals surface area contributed by atoms with Crippen molar-refractivity contribution in [3.63, 3.8) is 0 Å². The van der Waals surface area contributed by atoms with Crippen LogP contribution in [0.5, 0.6) is 0 Å². The Balaban J connectivity index is 5.21. The molecule has 108 heavy (non-hydrogen) atoms. The van der Waals surface area contributed by atoms with Crippen molar-refractivity contribution >= 4 is 39.5 Å². The monoisotopic (exact) mass is 1580 g/mol. The van der Waals surface area contributed by atoms with Crippen LogP contribution in [0.4, 0.5) is 0 Å². The van der Waals surface area contributed by atoms with Gasteiger partial charge in [0, 0.05) is 25.7 Å². The molecule has 0 fully saturated rings. The van der Waals surface area contributed by atoms with E-state index >= 15 is 0 Å². The molecule has 0 aromatic carbocycles. The average Bonchev–Trinajstić information content (AvgIpc) is 0.900. The van der Waals surface area contributed by atoms with Gasteiger partial charge in [-0.2, -0.15) is 0 Å². The molecular formula is C89H174O17P2. The molecule has 642 valence electrons. The third-order valence-corrected chi connectivity index (χ3v) is 23.1. The van der Waals surface area contributed by atoms with Gasteiger partial charge >= 0.3 is 39.5 Å². The Bertz CT molecular complexity index is 2080. The van der Waals surface area contributed by atoms with Gasteiger partial charge in [-0.05, 0) is 43.4 Å². The Kier molecular flexibility index (Phi) is 77.5. The summed E-state index contributed by atoms with van der Waals surface area (Å²) in [5, 5.41) is 10.7. The Morgan fingerprint density at radius 2 is 0.472 bits per heavy atom. The first kappa shape index (κ1) is 106. The number of aliphatic hydroxyl groups excluding tert-OH is 1. The predicted octanol–water partition coefficient (Wildman–Crippen LogP) is 27.3. The van der Waals surface area contributed by atoms with E-state index in [-0.39, 0.29) is 25.7 Å². The van der Waals surface area contributed by atoms with Gasteiger partial charge in [0.25, 0.3) is 0 Å². The molecule has 0 aliphatic rings. The molecule has 6 atom stereocenters. The first-order chi connectivity index (χ1) is 52.3. The van der Waals surface area contributed by atoms with E-state index in [4.69, 9.17) is 37.0 Å². The van der Waals surface area contributed by atoms with Crippen LogP contribution in [0.1, 0.15) is 472 Å². The van der Waals surface area contributed by atoms with E-state index in [0.29, 0.717) is 31.6 Å². The first-order valence-electron chi connectivity index (χ1n) is 45.9. The summed E-state index contributed by atoms with van der Waals surface area (Å²) < 4.78 is 68.9. The largest absolute Gasteiger partial charge is 0.472 e. The molecule has 0 bridgehead atoms. The molecule has 0 rings (SSSR count). The number of hydrogen-bond acceptors (Lipinski definition) is 15. The topological polar surface area (TPSA) is 237 Å². The third kappa shape index (κ3) is 80.7. The standard InChI is InChI=1S/C89H174O17P2/c1-8-10-11-12-13-14-15-16-17-18-19-20-24-27-33-38-43-48-56-63-70-86(91)99-76-84(105-88(93)72-65-58-49-44-39-34-28-25-22-21-23-26-31-36-41-46-53-60-67-80(3)4)78-103-107(95,96)101-74-83(90)75-102-108(97,98)104-79-85(77-100-87(92)71-64-57-52-51-54-61-68-81(5)6)106-89(94)73-66-59-50-45-40-35-30-29-32-37-42-47-55-62-69-82(7)9-2/h80-85,90H,8-79H2,1-7H3,(H,95,96)(H,97,98)/t82?,83-,84-,85-/m1/s1. The molecule has 0 heterocycles. The smallest absolute Gasteiger partial charge is 0.462 e. The van der Waals surface area contributed by atoms with Gasteiger partial charge in [-0.3, -0.25) is 37.3 Å². The van der Waals surface area contributed by atoms with Crippen LogP contribution in [0.3, 0.4) is 0 Å². The van der Waals surface area contributed by atoms with Crippen LogP contribution < -0.4 is 0 Å². The van der Waals surface area contributed by atoms with E-state index < -0.39 is 97.5 Å². The maximum Gasteiger partial charge on any atom is 0.472 e. The SMILES string of the molecule is CCCCCCCCCCCCCCCCCCCCCCC(=O)OC[C@H](COP(=O)(O)OC[C@@H](O)COP(=O)(O)OC[C@@H](COC(=O)CCCCCCCCC(C)C)OC(=O)CCCCCCCCCCCCCCCCC(C)CC)OC(=O)CCCCCCCCCCCCCCCCCCCCC(C)C. The summed E-state index contributed by atoms with van der Waals surface area (Å²) in [5.74, 6) is 0.241. The maximum absolute atomic E-state index is 13.2. The molecule has 0 aromatic rings. The Morgan fingerprint density at radius 1 is 0.269 bits per heavy atom. The molecule has 0 saturated heterocycles. The summed E-state index contributed by atoms with van der Waals surface area (Å²) in [6.07, 6.45) is 71.1. The van der Waals surface area contributed by atoms with Gasteiger partial charge in [0.2, 0.25) is 0 Å². The second-order valence-electron chi connectivity index (χ2n) is 33.2. The Morgan fingerprint density at radius 3 is 0.704 bits per heavy atom. The lowest BCUT2D eigenvalue weighted by Gasteiger charge is -2.21. The van der Waals surface area contributed by atoms with Gasteiger partial charge in [-0.25, -0.2) is 9.13 Å². The van der Waals surface area contributed by atoms with Crippen LogP contribution in [0.25, 0.3) is 0 Å². The molecule has 19 heteroatoms. The van der Waals surface area contributed by atoms with E-state index in [0.717, 1.165) is 108 Å². The molecule has 17 nitrogen and oxygen atoms in total. The molecule has 3 unspecified atom stereocenters. The molecule has 3 N–H and O–H groups in total. The van der Waals surface area contributed by atoms with Crippen LogP contribution in [0, 0.1) is 17.8 Å². The number of phosphoric ester groups is 2. The second-order valence-corrected chi connectivity index (χ2v) is 36.1. The minimum absolute atomic E-state index is 0.107. The molecule has 0 saturated carbocycles. The lowest BCUT2D eigenvalue weighted by molar-refractivity contribution is -0.161. The van der Waals surface area contributed by atoms with Gasteiger partial charge < -0.3 is 33.8 Å². The molecule has 0 amide bonds. The average molecular weight is 1580 g/mol. The van der Waals surface area contributed by atoms with Gasteiger partial charge in [0.1, 0.15) is 19.3 Å². The molecular weight excluding hydrogens is 1400 g/mol. The summed E-state index contributed by atoms with van der Waals surface area (Å²) >= 11 is 0. The van der Waals surface area contributed by atoms with Crippen molar-refractivity contribution in [3.05, 3.63) is 0 Å². The highest BCUT2D eigenvalue weighted by Crippen LogP contribution is 2.45. The predicted molar refractivity (Wildman–Crippen MR) is 446 cm³/mol. The van der Waals surface area contributed by atoms with Crippen LogP contribution in [-0.2, 0) is 65.4 Å². The quantitative estimate of drug-likeness (QED) is 0.0222. The Labute approximate surface area is 664 Å². The number of esters is 4. The van der Waals surface area contributed by atoms with Crippen molar-refractivity contribution in [2.75, 3.05) is 39.6 Å². The van der Waals surface area contributed by atoms with E-state index in [1.807, 2.05) is 0 Å². The third-order valence-electron chi connectivity index (χ3n) is 21.2.